The smallest absolute Gasteiger partial charge is 0.383 e. The molecule has 2 rings (SSSR count). The van der Waals surface area contributed by atoms with Gasteiger partial charge in [-0.2, -0.15) is 0 Å². The molecule has 0 aliphatic rings. The Morgan fingerprint density at radius 2 is 2.00 bits per heavy atom. The normalized spacial score (nSPS) is 10.5. The molecule has 0 radical (unpaired) electrons. The number of halogens is 1. The van der Waals surface area contributed by atoms with Gasteiger partial charge < -0.3 is 9.30 Å². The summed E-state index contributed by atoms with van der Waals surface area (Å²) in [6.45, 7) is 2.43. The Labute approximate surface area is 133 Å². The maximum Gasteiger partial charge on any atom is 0.383 e. The highest BCUT2D eigenvalue weighted by atomic mass is 35.5. The highest BCUT2D eigenvalue weighted by Crippen LogP contribution is 2.12. The molecule has 1 aromatic heterocycles. The van der Waals surface area contributed by atoms with Crippen LogP contribution in [0.3, 0.4) is 0 Å². The van der Waals surface area contributed by atoms with Crippen LogP contribution in [0.2, 0.25) is 5.02 Å². The third-order valence-corrected chi connectivity index (χ3v) is 3.41. The number of nitrogens with zero attached hydrogens (tertiary/aromatic N) is 2. The van der Waals surface area contributed by atoms with Crippen LogP contribution in [0, 0.1) is 0 Å². The van der Waals surface area contributed by atoms with Crippen molar-refractivity contribution in [3.63, 3.8) is 0 Å². The third-order valence-electron chi connectivity index (χ3n) is 3.16. The van der Waals surface area contributed by atoms with Crippen LogP contribution in [-0.4, -0.2) is 27.9 Å². The number of rotatable bonds is 7. The lowest BCUT2D eigenvalue weighted by Gasteiger charge is -2.07. The Hall–Kier alpha value is -2.14. The van der Waals surface area contributed by atoms with Crippen LogP contribution in [0.4, 0.5) is 0 Å². The Bertz CT molecular complexity index is 650. The zero-order valence-electron chi connectivity index (χ0n) is 12.3. The minimum Gasteiger partial charge on any atom is -0.460 e. The van der Waals surface area contributed by atoms with Gasteiger partial charge in [-0.15, -0.1) is 0 Å². The molecule has 1 heterocycles. The Balaban J connectivity index is 1.94. The van der Waals surface area contributed by atoms with Gasteiger partial charge >= 0.3 is 11.8 Å². The summed E-state index contributed by atoms with van der Waals surface area (Å²) in [5, 5.41) is 0.709. The van der Waals surface area contributed by atoms with Gasteiger partial charge in [-0.25, -0.2) is 9.78 Å². The van der Waals surface area contributed by atoms with E-state index in [9.17, 15) is 9.59 Å². The number of ether oxygens (including phenoxy) is 1. The lowest BCUT2D eigenvalue weighted by molar-refractivity contribution is -0.137. The number of aromatic nitrogens is 2. The van der Waals surface area contributed by atoms with Crippen molar-refractivity contribution in [3.8, 4) is 0 Å². The van der Waals surface area contributed by atoms with Crippen molar-refractivity contribution in [1.29, 1.82) is 0 Å². The molecule has 1 aromatic carbocycles. The first-order valence-corrected chi connectivity index (χ1v) is 7.46. The minimum absolute atomic E-state index is 0.120. The molecule has 116 valence electrons. The first kappa shape index (κ1) is 16.2. The van der Waals surface area contributed by atoms with Gasteiger partial charge in [0.05, 0.1) is 6.61 Å². The molecule has 2 aromatic rings. The van der Waals surface area contributed by atoms with Crippen LogP contribution in [0.15, 0.2) is 36.7 Å². The van der Waals surface area contributed by atoms with E-state index in [1.165, 1.54) is 11.8 Å². The highest BCUT2D eigenvalue weighted by Gasteiger charge is 2.22. The fraction of sp³-hybridized carbons (Fsp3) is 0.312. The summed E-state index contributed by atoms with van der Waals surface area (Å²) < 4.78 is 6.39. The van der Waals surface area contributed by atoms with Crippen molar-refractivity contribution in [2.45, 2.75) is 26.3 Å². The van der Waals surface area contributed by atoms with E-state index >= 15 is 0 Å². The number of hydrogen-bond donors (Lipinski definition) is 0. The average Bonchev–Trinajstić information content (AvgIpc) is 2.97. The SMILES string of the molecule is CCOC(=O)C(=O)c1nccn1CCCc1ccc(Cl)cc1. The quantitative estimate of drug-likeness (QED) is 0.447. The maximum absolute atomic E-state index is 11.9. The minimum atomic E-state index is -0.868. The van der Waals surface area contributed by atoms with Crippen molar-refractivity contribution in [2.75, 3.05) is 6.61 Å². The second-order valence-electron chi connectivity index (χ2n) is 4.72. The number of carbonyl (C=O) groups excluding carboxylic acids is 2. The summed E-state index contributed by atoms with van der Waals surface area (Å²) in [7, 11) is 0. The van der Waals surface area contributed by atoms with E-state index < -0.39 is 11.8 Å². The lowest BCUT2D eigenvalue weighted by atomic mass is 10.1. The van der Waals surface area contributed by atoms with Gasteiger partial charge in [0.25, 0.3) is 0 Å². The number of esters is 1. The van der Waals surface area contributed by atoms with Crippen molar-refractivity contribution < 1.29 is 14.3 Å². The Morgan fingerprint density at radius 3 is 2.68 bits per heavy atom. The molecule has 0 aliphatic heterocycles. The summed E-state index contributed by atoms with van der Waals surface area (Å²) in [6.07, 6.45) is 4.87. The highest BCUT2D eigenvalue weighted by molar-refractivity contribution is 6.39. The van der Waals surface area contributed by atoms with Gasteiger partial charge in [0, 0.05) is 24.0 Å². The predicted octanol–water partition coefficient (Wildman–Crippen LogP) is 2.92. The van der Waals surface area contributed by atoms with Crippen molar-refractivity contribution in [2.24, 2.45) is 0 Å². The van der Waals surface area contributed by atoms with Gasteiger partial charge in [0.2, 0.25) is 0 Å². The topological polar surface area (TPSA) is 61.2 Å². The molecular weight excluding hydrogens is 304 g/mol. The second kappa shape index (κ2) is 7.75. The van der Waals surface area contributed by atoms with Crippen molar-refractivity contribution in [3.05, 3.63) is 53.1 Å². The molecule has 0 atom stereocenters. The van der Waals surface area contributed by atoms with Crippen molar-refractivity contribution >= 4 is 23.4 Å². The molecule has 0 N–H and O–H groups in total. The number of Topliss-reactive ketones (excluding diaryl/α,β-unsaturated/α-hetero) is 1. The van der Waals surface area contributed by atoms with E-state index in [-0.39, 0.29) is 12.4 Å². The maximum atomic E-state index is 11.9. The molecule has 0 unspecified atom stereocenters. The van der Waals surface area contributed by atoms with Gasteiger partial charge in [0.15, 0.2) is 5.82 Å². The fourth-order valence-corrected chi connectivity index (χ4v) is 2.22. The van der Waals surface area contributed by atoms with Crippen LogP contribution in [0.25, 0.3) is 0 Å². The summed E-state index contributed by atoms with van der Waals surface area (Å²) in [4.78, 5) is 27.3. The van der Waals surface area contributed by atoms with E-state index in [4.69, 9.17) is 16.3 Å². The molecule has 22 heavy (non-hydrogen) atoms. The monoisotopic (exact) mass is 320 g/mol. The van der Waals surface area contributed by atoms with Crippen LogP contribution in [0.5, 0.6) is 0 Å². The summed E-state index contributed by atoms with van der Waals surface area (Å²) in [6, 6.07) is 7.65. The molecule has 0 aliphatic carbocycles. The van der Waals surface area contributed by atoms with Crippen LogP contribution in [0.1, 0.15) is 29.5 Å². The molecule has 0 saturated carbocycles. The summed E-state index contributed by atoms with van der Waals surface area (Å²) in [5.74, 6) is -1.46. The van der Waals surface area contributed by atoms with E-state index in [1.807, 2.05) is 24.3 Å². The molecular formula is C16H17ClN2O3. The number of carbonyl (C=O) groups is 2. The number of ketones is 1. The largest absolute Gasteiger partial charge is 0.460 e. The Morgan fingerprint density at radius 1 is 1.27 bits per heavy atom. The molecule has 0 saturated heterocycles. The van der Waals surface area contributed by atoms with Gasteiger partial charge in [-0.05, 0) is 37.5 Å². The van der Waals surface area contributed by atoms with Crippen molar-refractivity contribution in [1.82, 2.24) is 9.55 Å². The lowest BCUT2D eigenvalue weighted by Crippen LogP contribution is -2.22. The molecule has 5 nitrogen and oxygen atoms in total. The van der Waals surface area contributed by atoms with Gasteiger partial charge in [0.1, 0.15) is 0 Å². The summed E-state index contributed by atoms with van der Waals surface area (Å²) in [5.41, 5.74) is 1.17. The van der Waals surface area contributed by atoms with E-state index in [0.717, 1.165) is 12.8 Å². The first-order valence-electron chi connectivity index (χ1n) is 7.09. The standard InChI is InChI=1S/C16H17ClN2O3/c1-2-22-16(21)14(20)15-18-9-11-19(15)10-3-4-12-5-7-13(17)8-6-12/h5-9,11H,2-4,10H2,1H3. The van der Waals surface area contributed by atoms with E-state index in [2.05, 4.69) is 4.98 Å². The zero-order chi connectivity index (χ0) is 15.9. The molecule has 0 amide bonds. The second-order valence-corrected chi connectivity index (χ2v) is 5.16. The number of imidazole rings is 1. The van der Waals surface area contributed by atoms with E-state index in [0.29, 0.717) is 11.6 Å². The van der Waals surface area contributed by atoms with Crippen LogP contribution >= 0.6 is 11.6 Å². The molecule has 0 bridgehead atoms. The van der Waals surface area contributed by atoms with Gasteiger partial charge in [-0.1, -0.05) is 23.7 Å². The third kappa shape index (κ3) is 4.18. The number of hydrogen-bond acceptors (Lipinski definition) is 4. The number of benzene rings is 1. The van der Waals surface area contributed by atoms with E-state index in [1.54, 1.807) is 17.7 Å². The summed E-state index contributed by atoms with van der Waals surface area (Å²) >= 11 is 5.84. The zero-order valence-corrected chi connectivity index (χ0v) is 13.0. The average molecular weight is 321 g/mol. The van der Waals surface area contributed by atoms with Gasteiger partial charge in [-0.3, -0.25) is 4.79 Å². The molecule has 0 fully saturated rings. The fourth-order valence-electron chi connectivity index (χ4n) is 2.09. The van der Waals surface area contributed by atoms with Crippen LogP contribution in [-0.2, 0) is 22.5 Å². The predicted molar refractivity (Wildman–Crippen MR) is 83.0 cm³/mol. The Kier molecular flexibility index (Phi) is 5.72. The molecule has 0 spiro atoms. The number of aryl methyl sites for hydroxylation is 2. The van der Waals surface area contributed by atoms with Crippen LogP contribution < -0.4 is 0 Å². The molecule has 6 heteroatoms. The first-order chi connectivity index (χ1) is 10.6.